The van der Waals surface area contributed by atoms with Crippen LogP contribution in [0.3, 0.4) is 0 Å². The van der Waals surface area contributed by atoms with E-state index in [0.29, 0.717) is 24.0 Å². The van der Waals surface area contributed by atoms with Gasteiger partial charge in [0.2, 0.25) is 15.9 Å². The van der Waals surface area contributed by atoms with Crippen LogP contribution in [0, 0.1) is 0 Å². The lowest BCUT2D eigenvalue weighted by Gasteiger charge is -2.19. The van der Waals surface area contributed by atoms with Gasteiger partial charge in [0.15, 0.2) is 0 Å². The molecule has 0 unspecified atom stereocenters. The standard InChI is InChI=1S/C11H12BrClN2O3S/c12-8-2-3-10(9(13)6-8)19(17,18)15-5-1-4-14-11(16)7-15/h2-3,6H,1,4-5,7H2,(H,14,16). The van der Waals surface area contributed by atoms with Gasteiger partial charge in [-0.3, -0.25) is 4.79 Å². The summed E-state index contributed by atoms with van der Waals surface area (Å²) >= 11 is 9.20. The zero-order valence-electron chi connectivity index (χ0n) is 9.90. The summed E-state index contributed by atoms with van der Waals surface area (Å²) in [7, 11) is -3.75. The minimum atomic E-state index is -3.75. The van der Waals surface area contributed by atoms with Crippen LogP contribution in [0.15, 0.2) is 27.6 Å². The van der Waals surface area contributed by atoms with Crippen molar-refractivity contribution in [1.29, 1.82) is 0 Å². The third kappa shape index (κ3) is 3.28. The molecule has 1 amide bonds. The van der Waals surface area contributed by atoms with Crippen molar-refractivity contribution in [3.8, 4) is 0 Å². The highest BCUT2D eigenvalue weighted by Crippen LogP contribution is 2.27. The normalized spacial score (nSPS) is 17.9. The molecule has 1 saturated heterocycles. The van der Waals surface area contributed by atoms with E-state index in [-0.39, 0.29) is 22.4 Å². The number of halogens is 2. The van der Waals surface area contributed by atoms with Gasteiger partial charge in [0.1, 0.15) is 4.90 Å². The molecule has 1 aromatic rings. The van der Waals surface area contributed by atoms with Gasteiger partial charge in [-0.1, -0.05) is 27.5 Å². The fourth-order valence-corrected chi connectivity index (χ4v) is 4.25. The highest BCUT2D eigenvalue weighted by atomic mass is 79.9. The summed E-state index contributed by atoms with van der Waals surface area (Å²) in [4.78, 5) is 11.5. The molecule has 5 nitrogen and oxygen atoms in total. The number of nitrogens with one attached hydrogen (secondary N) is 1. The maximum Gasteiger partial charge on any atom is 0.245 e. The van der Waals surface area contributed by atoms with Crippen LogP contribution in [0.1, 0.15) is 6.42 Å². The van der Waals surface area contributed by atoms with E-state index in [2.05, 4.69) is 21.2 Å². The van der Waals surface area contributed by atoms with Gasteiger partial charge in [0.05, 0.1) is 11.6 Å². The molecule has 1 aliphatic rings. The second-order valence-electron chi connectivity index (χ2n) is 4.12. The number of carbonyl (C=O) groups excluding carboxylic acids is 1. The maximum atomic E-state index is 12.5. The predicted octanol–water partition coefficient (Wildman–Crippen LogP) is 1.61. The van der Waals surface area contributed by atoms with E-state index in [9.17, 15) is 13.2 Å². The van der Waals surface area contributed by atoms with E-state index in [1.165, 1.54) is 12.1 Å². The molecule has 0 atom stereocenters. The molecule has 1 aliphatic heterocycles. The fourth-order valence-electron chi connectivity index (χ4n) is 1.81. The fraction of sp³-hybridized carbons (Fsp3) is 0.364. The smallest absolute Gasteiger partial charge is 0.245 e. The number of benzene rings is 1. The molecule has 0 saturated carbocycles. The van der Waals surface area contributed by atoms with Gasteiger partial charge in [-0.15, -0.1) is 0 Å². The van der Waals surface area contributed by atoms with E-state index >= 15 is 0 Å². The largest absolute Gasteiger partial charge is 0.355 e. The summed E-state index contributed by atoms with van der Waals surface area (Å²) in [5, 5.41) is 2.77. The molecule has 0 spiro atoms. The Kier molecular flexibility index (Phi) is 4.50. The van der Waals surface area contributed by atoms with Crippen LogP contribution < -0.4 is 5.32 Å². The Morgan fingerprint density at radius 2 is 2.11 bits per heavy atom. The SMILES string of the molecule is O=C1CN(S(=O)(=O)c2ccc(Br)cc2Cl)CCCN1. The van der Waals surface area contributed by atoms with Gasteiger partial charge in [-0.05, 0) is 24.6 Å². The minimum absolute atomic E-state index is 0.0204. The Bertz CT molecular complexity index is 606. The lowest BCUT2D eigenvalue weighted by molar-refractivity contribution is -0.120. The van der Waals surface area contributed by atoms with Crippen molar-refractivity contribution < 1.29 is 13.2 Å². The molecule has 2 rings (SSSR count). The first kappa shape index (κ1) is 14.8. The van der Waals surface area contributed by atoms with Crippen LogP contribution in [0.2, 0.25) is 5.02 Å². The summed E-state index contributed by atoms with van der Waals surface area (Å²) in [5.74, 6) is -0.297. The molecule has 0 aromatic heterocycles. The molecule has 0 radical (unpaired) electrons. The number of hydrogen-bond acceptors (Lipinski definition) is 3. The van der Waals surface area contributed by atoms with Gasteiger partial charge in [0.25, 0.3) is 0 Å². The highest BCUT2D eigenvalue weighted by molar-refractivity contribution is 9.10. The van der Waals surface area contributed by atoms with Crippen molar-refractivity contribution in [1.82, 2.24) is 9.62 Å². The van der Waals surface area contributed by atoms with Crippen molar-refractivity contribution in [2.45, 2.75) is 11.3 Å². The van der Waals surface area contributed by atoms with Gasteiger partial charge in [-0.2, -0.15) is 4.31 Å². The minimum Gasteiger partial charge on any atom is -0.355 e. The van der Waals surface area contributed by atoms with Crippen LogP contribution in [0.25, 0.3) is 0 Å². The Balaban J connectivity index is 2.38. The van der Waals surface area contributed by atoms with Crippen LogP contribution in [0.5, 0.6) is 0 Å². The quantitative estimate of drug-likeness (QED) is 0.863. The van der Waals surface area contributed by atoms with Crippen molar-refractivity contribution in [3.05, 3.63) is 27.7 Å². The Labute approximate surface area is 125 Å². The van der Waals surface area contributed by atoms with Crippen LogP contribution in [0.4, 0.5) is 0 Å². The maximum absolute atomic E-state index is 12.5. The summed E-state index contributed by atoms with van der Waals surface area (Å²) in [5.41, 5.74) is 0. The number of sulfonamides is 1. The summed E-state index contributed by atoms with van der Waals surface area (Å²) in [6.45, 7) is 0.612. The Hall–Kier alpha value is -0.630. The first-order chi connectivity index (χ1) is 8.91. The summed E-state index contributed by atoms with van der Waals surface area (Å²) < 4.78 is 26.8. The first-order valence-corrected chi connectivity index (χ1v) is 8.24. The first-order valence-electron chi connectivity index (χ1n) is 5.63. The van der Waals surface area contributed by atoms with E-state index < -0.39 is 10.0 Å². The van der Waals surface area contributed by atoms with E-state index in [4.69, 9.17) is 11.6 Å². The molecule has 1 fully saturated rings. The third-order valence-electron chi connectivity index (χ3n) is 2.74. The zero-order chi connectivity index (χ0) is 14.0. The number of amides is 1. The summed E-state index contributed by atoms with van der Waals surface area (Å²) in [6, 6.07) is 4.56. The van der Waals surface area contributed by atoms with Crippen molar-refractivity contribution in [3.63, 3.8) is 0 Å². The van der Waals surface area contributed by atoms with Gasteiger partial charge in [-0.25, -0.2) is 8.42 Å². The average Bonchev–Trinajstić information content (AvgIpc) is 2.53. The molecule has 1 aromatic carbocycles. The van der Waals surface area contributed by atoms with E-state index in [0.717, 1.165) is 4.31 Å². The second-order valence-corrected chi connectivity index (χ2v) is 7.35. The Morgan fingerprint density at radius 1 is 1.37 bits per heavy atom. The van der Waals surface area contributed by atoms with Crippen molar-refractivity contribution in [2.24, 2.45) is 0 Å². The monoisotopic (exact) mass is 366 g/mol. The molecule has 1 N–H and O–H groups in total. The van der Waals surface area contributed by atoms with E-state index in [1.54, 1.807) is 6.07 Å². The van der Waals surface area contributed by atoms with Crippen LogP contribution in [-0.4, -0.2) is 38.3 Å². The number of carbonyl (C=O) groups is 1. The molecule has 19 heavy (non-hydrogen) atoms. The topological polar surface area (TPSA) is 66.5 Å². The predicted molar refractivity (Wildman–Crippen MR) is 75.5 cm³/mol. The van der Waals surface area contributed by atoms with Gasteiger partial charge in [0, 0.05) is 17.6 Å². The lowest BCUT2D eigenvalue weighted by Crippen LogP contribution is -2.37. The molecular formula is C11H12BrClN2O3S. The molecular weight excluding hydrogens is 356 g/mol. The van der Waals surface area contributed by atoms with Crippen LogP contribution in [-0.2, 0) is 14.8 Å². The van der Waals surface area contributed by atoms with Crippen molar-refractivity contribution in [2.75, 3.05) is 19.6 Å². The second kappa shape index (κ2) is 5.78. The average molecular weight is 368 g/mol. The molecule has 0 aliphatic carbocycles. The summed E-state index contributed by atoms with van der Waals surface area (Å²) in [6.07, 6.45) is 0.582. The van der Waals surface area contributed by atoms with E-state index in [1.807, 2.05) is 0 Å². The van der Waals surface area contributed by atoms with Gasteiger partial charge >= 0.3 is 0 Å². The molecule has 0 bridgehead atoms. The van der Waals surface area contributed by atoms with Crippen LogP contribution >= 0.6 is 27.5 Å². The zero-order valence-corrected chi connectivity index (χ0v) is 13.1. The molecule has 8 heteroatoms. The van der Waals surface area contributed by atoms with Crippen molar-refractivity contribution >= 4 is 43.5 Å². The lowest BCUT2D eigenvalue weighted by atomic mass is 10.4. The number of nitrogens with zero attached hydrogens (tertiary/aromatic N) is 1. The number of hydrogen-bond donors (Lipinski definition) is 1. The third-order valence-corrected chi connectivity index (χ3v) is 5.56. The van der Waals surface area contributed by atoms with Gasteiger partial charge < -0.3 is 5.32 Å². The highest BCUT2D eigenvalue weighted by Gasteiger charge is 2.29. The molecule has 1 heterocycles. The number of rotatable bonds is 2. The molecule has 104 valence electrons. The Morgan fingerprint density at radius 3 is 2.79 bits per heavy atom.